The van der Waals surface area contributed by atoms with Gasteiger partial charge >= 0.3 is 0 Å². The quantitative estimate of drug-likeness (QED) is 0.814. The fourth-order valence-corrected chi connectivity index (χ4v) is 1.96. The first-order valence-corrected chi connectivity index (χ1v) is 7.13. The molecule has 2 atom stereocenters. The fourth-order valence-electron chi connectivity index (χ4n) is 1.84. The van der Waals surface area contributed by atoms with Gasteiger partial charge in [0, 0.05) is 5.02 Å². The number of amides is 1. The molecule has 1 aromatic carbocycles. The van der Waals surface area contributed by atoms with Gasteiger partial charge in [-0.2, -0.15) is 0 Å². The summed E-state index contributed by atoms with van der Waals surface area (Å²) in [7, 11) is 0. The summed E-state index contributed by atoms with van der Waals surface area (Å²) in [4.78, 5) is 12.0. The minimum atomic E-state index is -0.627. The van der Waals surface area contributed by atoms with Crippen LogP contribution in [0.15, 0.2) is 24.3 Å². The van der Waals surface area contributed by atoms with Gasteiger partial charge in [-0.05, 0) is 43.5 Å². The van der Waals surface area contributed by atoms with E-state index < -0.39 is 6.10 Å². The van der Waals surface area contributed by atoms with E-state index >= 15 is 0 Å². The second-order valence-electron chi connectivity index (χ2n) is 5.23. The lowest BCUT2D eigenvalue weighted by Gasteiger charge is -2.21. The summed E-state index contributed by atoms with van der Waals surface area (Å²) in [5.41, 5.74) is 0. The highest BCUT2D eigenvalue weighted by Gasteiger charge is 2.19. The van der Waals surface area contributed by atoms with Crippen molar-refractivity contribution in [3.05, 3.63) is 29.3 Å². The number of hydrogen-bond acceptors (Lipinski definition) is 3. The van der Waals surface area contributed by atoms with Gasteiger partial charge in [0.1, 0.15) is 5.75 Å². The molecule has 1 rings (SSSR count). The molecule has 5 heteroatoms. The molecule has 2 N–H and O–H groups in total. The number of ether oxygens (including phenoxy) is 1. The topological polar surface area (TPSA) is 58.6 Å². The number of nitrogens with one attached hydrogen (secondary N) is 1. The third-order valence-corrected chi connectivity index (χ3v) is 3.07. The summed E-state index contributed by atoms with van der Waals surface area (Å²) in [6.45, 7) is 5.69. The van der Waals surface area contributed by atoms with Crippen LogP contribution in [0.25, 0.3) is 0 Å². The van der Waals surface area contributed by atoms with Crippen LogP contribution in [0.1, 0.15) is 27.2 Å². The van der Waals surface area contributed by atoms with E-state index in [-0.39, 0.29) is 18.6 Å². The van der Waals surface area contributed by atoms with Crippen molar-refractivity contribution in [1.82, 2.24) is 5.32 Å². The van der Waals surface area contributed by atoms with Crippen LogP contribution in [0.2, 0.25) is 5.02 Å². The summed E-state index contributed by atoms with van der Waals surface area (Å²) >= 11 is 5.78. The molecule has 0 aliphatic rings. The first-order chi connectivity index (χ1) is 9.42. The number of halogens is 1. The first kappa shape index (κ1) is 16.8. The highest BCUT2D eigenvalue weighted by atomic mass is 35.5. The predicted octanol–water partition coefficient (Wildman–Crippen LogP) is 2.63. The van der Waals surface area contributed by atoms with E-state index in [1.54, 1.807) is 31.2 Å². The Morgan fingerprint density at radius 2 is 1.90 bits per heavy atom. The van der Waals surface area contributed by atoms with Gasteiger partial charge in [0.25, 0.3) is 5.91 Å². The van der Waals surface area contributed by atoms with Crippen molar-refractivity contribution < 1.29 is 14.6 Å². The number of benzene rings is 1. The Kier molecular flexibility index (Phi) is 6.82. The second-order valence-corrected chi connectivity index (χ2v) is 5.67. The van der Waals surface area contributed by atoms with Crippen LogP contribution in [-0.2, 0) is 4.79 Å². The zero-order valence-electron chi connectivity index (χ0n) is 12.1. The number of aliphatic hydroxyl groups excluding tert-OH is 1. The molecule has 1 aromatic rings. The van der Waals surface area contributed by atoms with E-state index in [1.165, 1.54) is 0 Å². The van der Waals surface area contributed by atoms with Gasteiger partial charge < -0.3 is 15.2 Å². The molecule has 112 valence electrons. The first-order valence-electron chi connectivity index (χ1n) is 6.75. The Labute approximate surface area is 125 Å². The lowest BCUT2D eigenvalue weighted by atomic mass is 10.0. The maximum Gasteiger partial charge on any atom is 0.261 e. The zero-order chi connectivity index (χ0) is 15.1. The monoisotopic (exact) mass is 299 g/mol. The highest BCUT2D eigenvalue weighted by molar-refractivity contribution is 6.30. The number of rotatable bonds is 7. The van der Waals surface area contributed by atoms with Crippen LogP contribution in [-0.4, -0.2) is 29.8 Å². The van der Waals surface area contributed by atoms with Crippen LogP contribution < -0.4 is 10.1 Å². The molecule has 0 aromatic heterocycles. The van der Waals surface area contributed by atoms with Gasteiger partial charge in [0.05, 0.1) is 12.6 Å². The lowest BCUT2D eigenvalue weighted by molar-refractivity contribution is -0.128. The molecule has 1 amide bonds. The highest BCUT2D eigenvalue weighted by Crippen LogP contribution is 2.17. The normalized spacial score (nSPS) is 13.9. The SMILES string of the molecule is CC(C)CC(CO)NC(=O)C(C)Oc1ccc(Cl)cc1. The Hall–Kier alpha value is -1.26. The molecule has 0 radical (unpaired) electrons. The predicted molar refractivity (Wildman–Crippen MR) is 80.0 cm³/mol. The number of aliphatic hydroxyl groups is 1. The smallest absolute Gasteiger partial charge is 0.261 e. The van der Waals surface area contributed by atoms with Gasteiger partial charge in [0.2, 0.25) is 0 Å². The zero-order valence-corrected chi connectivity index (χ0v) is 12.9. The standard InChI is InChI=1S/C15H22ClNO3/c1-10(2)8-13(9-18)17-15(19)11(3)20-14-6-4-12(16)5-7-14/h4-7,10-11,13,18H,8-9H2,1-3H3,(H,17,19). The van der Waals surface area contributed by atoms with Crippen molar-refractivity contribution in [3.63, 3.8) is 0 Å². The van der Waals surface area contributed by atoms with Crippen molar-refractivity contribution in [2.75, 3.05) is 6.61 Å². The van der Waals surface area contributed by atoms with Crippen molar-refractivity contribution in [1.29, 1.82) is 0 Å². The molecular formula is C15H22ClNO3. The fraction of sp³-hybridized carbons (Fsp3) is 0.533. The van der Waals surface area contributed by atoms with Crippen LogP contribution in [0.5, 0.6) is 5.75 Å². The minimum Gasteiger partial charge on any atom is -0.481 e. The lowest BCUT2D eigenvalue weighted by Crippen LogP contribution is -2.44. The van der Waals surface area contributed by atoms with Crippen LogP contribution in [0.3, 0.4) is 0 Å². The van der Waals surface area contributed by atoms with Crippen LogP contribution in [0, 0.1) is 5.92 Å². The summed E-state index contributed by atoms with van der Waals surface area (Å²) in [6, 6.07) is 6.60. The van der Waals surface area contributed by atoms with Crippen LogP contribution >= 0.6 is 11.6 Å². The molecule has 0 aliphatic heterocycles. The van der Waals surface area contributed by atoms with Gasteiger partial charge in [-0.15, -0.1) is 0 Å². The second kappa shape index (κ2) is 8.12. The molecule has 0 bridgehead atoms. The summed E-state index contributed by atoms with van der Waals surface area (Å²) < 4.78 is 5.53. The van der Waals surface area contributed by atoms with Crippen molar-refractivity contribution in [2.24, 2.45) is 5.92 Å². The number of carbonyl (C=O) groups is 1. The van der Waals surface area contributed by atoms with E-state index in [9.17, 15) is 9.90 Å². The van der Waals surface area contributed by atoms with Crippen LogP contribution in [0.4, 0.5) is 0 Å². The molecular weight excluding hydrogens is 278 g/mol. The summed E-state index contributed by atoms with van der Waals surface area (Å²) in [5.74, 6) is 0.751. The van der Waals surface area contributed by atoms with Gasteiger partial charge in [-0.3, -0.25) is 4.79 Å². The molecule has 0 saturated heterocycles. The van der Waals surface area contributed by atoms with E-state index in [2.05, 4.69) is 5.32 Å². The van der Waals surface area contributed by atoms with E-state index in [0.29, 0.717) is 16.7 Å². The molecule has 20 heavy (non-hydrogen) atoms. The van der Waals surface area contributed by atoms with Crippen molar-refractivity contribution in [2.45, 2.75) is 39.3 Å². The molecule has 0 spiro atoms. The molecule has 0 heterocycles. The average molecular weight is 300 g/mol. The Bertz CT molecular complexity index is 420. The third kappa shape index (κ3) is 5.80. The van der Waals surface area contributed by atoms with Crippen molar-refractivity contribution >= 4 is 17.5 Å². The Morgan fingerprint density at radius 3 is 2.40 bits per heavy atom. The van der Waals surface area contributed by atoms with E-state index in [1.807, 2.05) is 13.8 Å². The van der Waals surface area contributed by atoms with E-state index in [4.69, 9.17) is 16.3 Å². The molecule has 4 nitrogen and oxygen atoms in total. The largest absolute Gasteiger partial charge is 0.481 e. The average Bonchev–Trinajstić information content (AvgIpc) is 2.39. The van der Waals surface area contributed by atoms with Crippen molar-refractivity contribution in [3.8, 4) is 5.75 Å². The van der Waals surface area contributed by atoms with Gasteiger partial charge in [-0.1, -0.05) is 25.4 Å². The Morgan fingerprint density at radius 1 is 1.30 bits per heavy atom. The molecule has 2 unspecified atom stereocenters. The van der Waals surface area contributed by atoms with E-state index in [0.717, 1.165) is 6.42 Å². The summed E-state index contributed by atoms with van der Waals surface area (Å²) in [5, 5.41) is 12.7. The third-order valence-electron chi connectivity index (χ3n) is 2.82. The molecule has 0 saturated carbocycles. The van der Waals surface area contributed by atoms with Gasteiger partial charge in [0.15, 0.2) is 6.10 Å². The molecule has 0 fully saturated rings. The summed E-state index contributed by atoms with van der Waals surface area (Å²) in [6.07, 6.45) is 0.105. The Balaban J connectivity index is 2.51. The minimum absolute atomic E-state index is 0.0718. The van der Waals surface area contributed by atoms with Gasteiger partial charge in [-0.25, -0.2) is 0 Å². The number of carbonyl (C=O) groups excluding carboxylic acids is 1. The number of hydrogen-bond donors (Lipinski definition) is 2. The maximum atomic E-state index is 12.0. The molecule has 0 aliphatic carbocycles. The maximum absolute atomic E-state index is 12.0.